The van der Waals surface area contributed by atoms with Crippen LogP contribution in [0.15, 0.2) is 97.1 Å². The number of benzene rings is 4. The highest BCUT2D eigenvalue weighted by Gasteiger charge is 2.50. The van der Waals surface area contributed by atoms with Gasteiger partial charge in [0.25, 0.3) is 0 Å². The summed E-state index contributed by atoms with van der Waals surface area (Å²) in [5, 5.41) is 2.54. The topological polar surface area (TPSA) is 136 Å². The van der Waals surface area contributed by atoms with Gasteiger partial charge in [-0.2, -0.15) is 0 Å². The van der Waals surface area contributed by atoms with Crippen molar-refractivity contribution >= 4 is 40.0 Å². The molecule has 6 aromatic rings. The summed E-state index contributed by atoms with van der Waals surface area (Å²) in [5.41, 5.74) is 11.6. The van der Waals surface area contributed by atoms with Crippen LogP contribution in [-0.2, 0) is 14.3 Å². The molecule has 2 aliphatic heterocycles. The van der Waals surface area contributed by atoms with Crippen molar-refractivity contribution in [3.8, 4) is 46.2 Å². The zero-order chi connectivity index (χ0) is 49.1. The third kappa shape index (κ3) is 12.0. The number of aromatic amines is 2. The number of terminal acetylenes is 1. The van der Waals surface area contributed by atoms with E-state index in [1.54, 1.807) is 0 Å². The molecule has 2 saturated carbocycles. The van der Waals surface area contributed by atoms with Crippen molar-refractivity contribution in [3.05, 3.63) is 109 Å². The van der Waals surface area contributed by atoms with Gasteiger partial charge in [0.1, 0.15) is 18.2 Å². The molecule has 3 amide bonds. The average molecular weight is 934 g/mol. The predicted octanol–water partition coefficient (Wildman–Crippen LogP) is 13.6. The summed E-state index contributed by atoms with van der Waals surface area (Å²) in [6.07, 6.45) is 16.8. The molecule has 1 unspecified atom stereocenters. The normalized spacial score (nSPS) is 20.2. The first-order chi connectivity index (χ1) is 32.9. The number of rotatable bonds is 8. The van der Waals surface area contributed by atoms with Crippen molar-refractivity contribution < 1.29 is 19.1 Å². The summed E-state index contributed by atoms with van der Waals surface area (Å²) in [7, 11) is 1.29. The number of fused-ring (bicyclic) bond motifs is 6. The van der Waals surface area contributed by atoms with Gasteiger partial charge in [0.2, 0.25) is 11.8 Å². The summed E-state index contributed by atoms with van der Waals surface area (Å²) < 4.78 is 4.66. The molecule has 11 nitrogen and oxygen atoms in total. The number of aromatic nitrogens is 4. The number of alkyl carbamates (subject to hydrolysis) is 1. The lowest BCUT2D eigenvalue weighted by Crippen LogP contribution is -2.45. The van der Waals surface area contributed by atoms with Gasteiger partial charge in [0.15, 0.2) is 0 Å². The first-order valence-corrected chi connectivity index (χ1v) is 24.5. The van der Waals surface area contributed by atoms with Crippen molar-refractivity contribution in [2.24, 2.45) is 11.8 Å². The first kappa shape index (κ1) is 53.3. The number of likely N-dealkylation sites (tertiary alicyclic amines) is 2. The molecule has 2 aliphatic carbocycles. The molecule has 4 heterocycles. The Morgan fingerprint density at radius 2 is 0.986 bits per heavy atom. The second-order valence-electron chi connectivity index (χ2n) is 18.6. The molecular weight excluding hydrogens is 859 g/mol. The Morgan fingerprint density at radius 3 is 1.35 bits per heavy atom. The largest absolute Gasteiger partial charge is 0.453 e. The van der Waals surface area contributed by atoms with Gasteiger partial charge in [0.05, 0.1) is 41.3 Å². The quantitative estimate of drug-likeness (QED) is 0.103. The van der Waals surface area contributed by atoms with Crippen molar-refractivity contribution in [2.45, 2.75) is 138 Å². The number of piperidine rings is 2. The van der Waals surface area contributed by atoms with E-state index < -0.39 is 6.09 Å². The van der Waals surface area contributed by atoms with Crippen molar-refractivity contribution in [3.63, 3.8) is 0 Å². The Bertz CT molecular complexity index is 2670. The SMILES string of the molecule is C.C#C.C=C(C)C.CCC.CCC.CCC(=O)N1[C@@H]2CC[C@@H](C2)[C@H]1c1nc2ccc(-c3ccc(-c4ccc(-c5ccc6nc([C@@H]7C8CC[C@H](C8)N7C(=O)CNC(=O)OC)[nH]c6c5)cc4)cc3)cc2[nH]1. The van der Waals surface area contributed by atoms with E-state index in [-0.39, 0.29) is 43.9 Å². The third-order valence-electron chi connectivity index (χ3n) is 12.9. The van der Waals surface area contributed by atoms with Crippen LogP contribution in [0.4, 0.5) is 4.79 Å². The monoisotopic (exact) mass is 934 g/mol. The number of carbonyl (C=O) groups excluding carboxylic acids is 3. The Hall–Kier alpha value is -6.67. The summed E-state index contributed by atoms with van der Waals surface area (Å²) in [6, 6.07) is 30.4. The number of nitrogens with one attached hydrogen (secondary N) is 3. The number of nitrogens with zero attached hydrogens (tertiary/aromatic N) is 4. The van der Waals surface area contributed by atoms with Crippen LogP contribution in [0.25, 0.3) is 55.4 Å². The van der Waals surface area contributed by atoms with Gasteiger partial charge >= 0.3 is 6.09 Å². The van der Waals surface area contributed by atoms with E-state index in [2.05, 4.69) is 151 Å². The molecule has 0 radical (unpaired) electrons. The van der Waals surface area contributed by atoms with Crippen LogP contribution in [0.5, 0.6) is 0 Å². The number of H-pyrrole nitrogens is 2. The lowest BCUT2D eigenvalue weighted by atomic mass is 9.97. The molecule has 11 heteroatoms. The minimum absolute atomic E-state index is 0. The number of amides is 3. The van der Waals surface area contributed by atoms with Crippen LogP contribution in [0.2, 0.25) is 0 Å². The van der Waals surface area contributed by atoms with Crippen LogP contribution in [0, 0.1) is 24.7 Å². The minimum Gasteiger partial charge on any atom is -0.453 e. The second kappa shape index (κ2) is 24.6. The minimum atomic E-state index is -0.610. The van der Waals surface area contributed by atoms with Gasteiger partial charge in [-0.05, 0) is 122 Å². The molecule has 366 valence electrons. The number of methoxy groups -OCH3 is 1. The Balaban J connectivity index is 0.000000623. The molecule has 4 bridgehead atoms. The molecule has 2 aromatic heterocycles. The van der Waals surface area contributed by atoms with Crippen LogP contribution < -0.4 is 5.32 Å². The fraction of sp³-hybridized carbons (Fsp3) is 0.431. The lowest BCUT2D eigenvalue weighted by Gasteiger charge is -2.34. The van der Waals surface area contributed by atoms with E-state index in [9.17, 15) is 14.4 Å². The van der Waals surface area contributed by atoms with Crippen LogP contribution in [0.3, 0.4) is 0 Å². The molecule has 69 heavy (non-hydrogen) atoms. The number of imidazole rings is 2. The summed E-state index contributed by atoms with van der Waals surface area (Å²) >= 11 is 0. The fourth-order valence-electron chi connectivity index (χ4n) is 10.3. The molecule has 4 fully saturated rings. The van der Waals surface area contributed by atoms with Crippen molar-refractivity contribution in [2.75, 3.05) is 13.7 Å². The van der Waals surface area contributed by atoms with Crippen LogP contribution >= 0.6 is 0 Å². The highest BCUT2D eigenvalue weighted by atomic mass is 16.5. The standard InChI is InChI=1S/C45H45N7O4.C4H8.2C3H8.C2H2.CH4/c1-3-39(53)51-33-16-12-31(20-33)41(51)43-47-35-18-14-29(22-37(35)49-43)27-8-4-25(5-9-27)26-6-10-28(11-7-26)30-15-19-36-38(23-30)50-44(48-36)42-32-13-17-34(21-32)52(42)40(54)24-46-45(55)56-2;1-4(2)3;2*1-3-2;1-2;/h4-11,14-15,18-19,22-23,31-34,41-42H,3,12-13,16-17,20-21,24H2,1-2H3,(H,46,55)(H,47,49)(H,48,50);1H2,2-3H3;2*3H2,1-2H3;1-2H;1H4/t31-,32?,33+,34+,41-,42-;;;;;/m0...../s1. The number of ether oxygens (including phenoxy) is 1. The summed E-state index contributed by atoms with van der Waals surface area (Å²) in [4.78, 5) is 58.9. The third-order valence-corrected chi connectivity index (χ3v) is 12.9. The van der Waals surface area contributed by atoms with Gasteiger partial charge < -0.3 is 29.8 Å². The van der Waals surface area contributed by atoms with Gasteiger partial charge in [-0.15, -0.1) is 19.4 Å². The average Bonchev–Trinajstić information content (AvgIpc) is 4.23. The van der Waals surface area contributed by atoms with Crippen molar-refractivity contribution in [1.29, 1.82) is 0 Å². The van der Waals surface area contributed by atoms with Crippen molar-refractivity contribution in [1.82, 2.24) is 35.1 Å². The van der Waals surface area contributed by atoms with Gasteiger partial charge in [-0.3, -0.25) is 9.59 Å². The van der Waals surface area contributed by atoms with Gasteiger partial charge in [0, 0.05) is 18.5 Å². The molecule has 2 saturated heterocycles. The molecule has 4 aliphatic rings. The maximum Gasteiger partial charge on any atom is 0.407 e. The van der Waals surface area contributed by atoms with E-state index >= 15 is 0 Å². The molecular formula is C58H75N7O4. The Labute approximate surface area is 410 Å². The molecule has 6 atom stereocenters. The van der Waals surface area contributed by atoms with E-state index in [4.69, 9.17) is 9.97 Å². The molecule has 10 rings (SSSR count). The number of hydrogen-bond acceptors (Lipinski definition) is 6. The van der Waals surface area contributed by atoms with Gasteiger partial charge in [-0.25, -0.2) is 14.8 Å². The second-order valence-corrected chi connectivity index (χ2v) is 18.6. The zero-order valence-corrected chi connectivity index (χ0v) is 41.4. The molecule has 0 spiro atoms. The Morgan fingerprint density at radius 1 is 0.638 bits per heavy atom. The maximum absolute atomic E-state index is 13.2. The van der Waals surface area contributed by atoms with Crippen LogP contribution in [0.1, 0.15) is 137 Å². The number of carbonyl (C=O) groups is 3. The summed E-state index contributed by atoms with van der Waals surface area (Å²) in [5.74, 6) is 2.67. The first-order valence-electron chi connectivity index (χ1n) is 24.5. The Kier molecular flexibility index (Phi) is 19.0. The molecule has 4 aromatic carbocycles. The summed E-state index contributed by atoms with van der Waals surface area (Å²) in [6.45, 7) is 17.9. The van der Waals surface area contributed by atoms with E-state index in [1.807, 2.05) is 31.7 Å². The number of hydrogen-bond donors (Lipinski definition) is 3. The maximum atomic E-state index is 13.2. The highest BCUT2D eigenvalue weighted by molar-refractivity contribution is 5.86. The van der Waals surface area contributed by atoms with E-state index in [0.717, 1.165) is 106 Å². The van der Waals surface area contributed by atoms with E-state index in [1.165, 1.54) is 25.5 Å². The van der Waals surface area contributed by atoms with Crippen LogP contribution in [-0.4, -0.2) is 73.4 Å². The predicted molar refractivity (Wildman–Crippen MR) is 283 cm³/mol. The smallest absolute Gasteiger partial charge is 0.407 e. The molecule has 3 N–H and O–H groups in total. The van der Waals surface area contributed by atoms with E-state index in [0.29, 0.717) is 24.3 Å². The van der Waals surface area contributed by atoms with Gasteiger partial charge in [-0.1, -0.05) is 121 Å². The lowest BCUT2D eigenvalue weighted by molar-refractivity contribution is -0.136. The zero-order valence-electron chi connectivity index (χ0n) is 41.4. The number of allylic oxidation sites excluding steroid dienone is 1. The fourth-order valence-corrected chi connectivity index (χ4v) is 10.3. The highest BCUT2D eigenvalue weighted by Crippen LogP contribution is 2.51.